The number of amides is 1. The van der Waals surface area contributed by atoms with E-state index in [2.05, 4.69) is 0 Å². The lowest BCUT2D eigenvalue weighted by Gasteiger charge is -2.09. The van der Waals surface area contributed by atoms with Crippen molar-refractivity contribution in [2.75, 3.05) is 6.54 Å². The van der Waals surface area contributed by atoms with Gasteiger partial charge in [-0.3, -0.25) is 14.5 Å². The highest BCUT2D eigenvalue weighted by Gasteiger charge is 2.32. The number of thiocarbonyl (C=S) groups is 1. The van der Waals surface area contributed by atoms with E-state index < -0.39 is 12.5 Å². The lowest BCUT2D eigenvalue weighted by molar-refractivity contribution is -0.140. The van der Waals surface area contributed by atoms with Gasteiger partial charge in [0.2, 0.25) is 0 Å². The molecule has 6 heteroatoms. The minimum absolute atomic E-state index is 0.276. The summed E-state index contributed by atoms with van der Waals surface area (Å²) in [6.45, 7) is 1.61. The summed E-state index contributed by atoms with van der Waals surface area (Å²) in [5.41, 5.74) is 2.20. The van der Waals surface area contributed by atoms with E-state index in [1.807, 2.05) is 37.3 Å². The monoisotopic (exact) mass is 319 g/mol. The normalized spacial score (nSPS) is 17.2. The molecular weight excluding hydrogens is 306 g/mol. The highest BCUT2D eigenvalue weighted by Crippen LogP contribution is 2.30. The van der Waals surface area contributed by atoms with Gasteiger partial charge in [-0.2, -0.15) is 0 Å². The minimum atomic E-state index is -1.08. The fraction of sp³-hybridized carbons (Fsp3) is 0.133. The van der Waals surface area contributed by atoms with Crippen LogP contribution in [0, 0.1) is 6.92 Å². The zero-order chi connectivity index (χ0) is 15.4. The fourth-order valence-corrected chi connectivity index (χ4v) is 3.01. The number of aliphatic carboxylic acids is 1. The van der Waals surface area contributed by atoms with Gasteiger partial charge in [-0.15, -0.1) is 0 Å². The Morgan fingerprint density at radius 1 is 1.43 bits per heavy atom. The first-order valence-corrected chi connectivity index (χ1v) is 7.41. The maximum Gasteiger partial charge on any atom is 0.323 e. The first kappa shape index (κ1) is 15.5. The first-order valence-electron chi connectivity index (χ1n) is 6.18. The number of nitrogens with zero attached hydrogens (tertiary/aromatic N) is 1. The third-order valence-electron chi connectivity index (χ3n) is 2.88. The summed E-state index contributed by atoms with van der Waals surface area (Å²) in [6.07, 6.45) is 5.34. The van der Waals surface area contributed by atoms with Gasteiger partial charge in [0.25, 0.3) is 5.91 Å². The van der Waals surface area contributed by atoms with Crippen LogP contribution in [0.25, 0.3) is 6.08 Å². The van der Waals surface area contributed by atoms with Crippen molar-refractivity contribution < 1.29 is 14.7 Å². The summed E-state index contributed by atoms with van der Waals surface area (Å²) in [7, 11) is 0. The van der Waals surface area contributed by atoms with Crippen molar-refractivity contribution in [3.8, 4) is 0 Å². The zero-order valence-electron chi connectivity index (χ0n) is 11.3. The van der Waals surface area contributed by atoms with Crippen LogP contribution in [0.2, 0.25) is 0 Å². The average molecular weight is 319 g/mol. The molecule has 1 aromatic rings. The number of carbonyl (C=O) groups excluding carboxylic acids is 1. The molecule has 1 aromatic carbocycles. The molecule has 0 aliphatic carbocycles. The molecule has 21 heavy (non-hydrogen) atoms. The van der Waals surface area contributed by atoms with Crippen molar-refractivity contribution in [3.05, 3.63) is 52.4 Å². The molecule has 1 amide bonds. The molecule has 0 atom stereocenters. The summed E-state index contributed by atoms with van der Waals surface area (Å²) < 4.78 is 0.276. The number of allylic oxidation sites excluding steroid dienone is 2. The molecule has 0 aromatic heterocycles. The molecule has 0 spiro atoms. The van der Waals surface area contributed by atoms with Crippen LogP contribution in [0.1, 0.15) is 11.1 Å². The van der Waals surface area contributed by atoms with Gasteiger partial charge in [0, 0.05) is 0 Å². The van der Waals surface area contributed by atoms with Crippen molar-refractivity contribution in [2.45, 2.75) is 6.92 Å². The van der Waals surface area contributed by atoms with Crippen molar-refractivity contribution in [2.24, 2.45) is 0 Å². The second-order valence-electron chi connectivity index (χ2n) is 4.40. The van der Waals surface area contributed by atoms with E-state index >= 15 is 0 Å². The van der Waals surface area contributed by atoms with E-state index in [1.54, 1.807) is 12.2 Å². The summed E-state index contributed by atoms with van der Waals surface area (Å²) >= 11 is 6.13. The van der Waals surface area contributed by atoms with Crippen LogP contribution in [0.15, 0.2) is 41.3 Å². The topological polar surface area (TPSA) is 57.6 Å². The molecule has 1 N–H and O–H groups in total. The van der Waals surface area contributed by atoms with Crippen LogP contribution in [-0.2, 0) is 9.59 Å². The van der Waals surface area contributed by atoms with E-state index in [-0.39, 0.29) is 10.2 Å². The van der Waals surface area contributed by atoms with Gasteiger partial charge in [0.05, 0.1) is 4.91 Å². The van der Waals surface area contributed by atoms with Crippen LogP contribution in [0.3, 0.4) is 0 Å². The quantitative estimate of drug-likeness (QED) is 0.683. The van der Waals surface area contributed by atoms with Crippen LogP contribution >= 0.6 is 24.0 Å². The summed E-state index contributed by atoms with van der Waals surface area (Å²) in [4.78, 5) is 24.2. The Balaban J connectivity index is 2.12. The Bertz CT molecular complexity index is 665. The maximum absolute atomic E-state index is 12.0. The number of carbonyl (C=O) groups is 2. The van der Waals surface area contributed by atoms with Gasteiger partial charge < -0.3 is 5.11 Å². The van der Waals surface area contributed by atoms with E-state index in [0.29, 0.717) is 4.91 Å². The van der Waals surface area contributed by atoms with E-state index in [9.17, 15) is 9.59 Å². The predicted octanol–water partition coefficient (Wildman–Crippen LogP) is 2.84. The third kappa shape index (κ3) is 3.80. The molecule has 108 valence electrons. The number of hydrogen-bond donors (Lipinski definition) is 1. The van der Waals surface area contributed by atoms with Crippen LogP contribution in [-0.4, -0.2) is 32.7 Å². The SMILES string of the molecule is Cc1ccccc1/C=C/C=C1/SC(=S)N(CC(=O)O)C1=O. The molecule has 1 saturated heterocycles. The lowest BCUT2D eigenvalue weighted by Crippen LogP contribution is -2.33. The number of thioether (sulfide) groups is 1. The number of aryl methyl sites for hydroxylation is 1. The Kier molecular flexibility index (Phi) is 4.93. The van der Waals surface area contributed by atoms with Gasteiger partial charge >= 0.3 is 5.97 Å². The molecule has 1 fully saturated rings. The Morgan fingerprint density at radius 3 is 2.81 bits per heavy atom. The molecule has 1 aliphatic heterocycles. The molecule has 0 saturated carbocycles. The van der Waals surface area contributed by atoms with Crippen LogP contribution < -0.4 is 0 Å². The molecule has 0 bridgehead atoms. The number of benzene rings is 1. The van der Waals surface area contributed by atoms with Gasteiger partial charge in [0.15, 0.2) is 0 Å². The van der Waals surface area contributed by atoms with Crippen molar-refractivity contribution in [1.82, 2.24) is 4.90 Å². The predicted molar refractivity (Wildman–Crippen MR) is 87.8 cm³/mol. The molecule has 4 nitrogen and oxygen atoms in total. The zero-order valence-corrected chi connectivity index (χ0v) is 12.9. The smallest absolute Gasteiger partial charge is 0.323 e. The minimum Gasteiger partial charge on any atom is -0.480 e. The molecule has 1 aliphatic rings. The second-order valence-corrected chi connectivity index (χ2v) is 6.08. The average Bonchev–Trinajstić information content (AvgIpc) is 2.68. The standard InChI is InChI=1S/C15H13NO3S2/c1-10-5-2-3-6-11(10)7-4-8-12-14(19)16(9-13(17)18)15(20)21-12/h2-8H,9H2,1H3,(H,17,18)/b7-4+,12-8+. The van der Waals surface area contributed by atoms with Gasteiger partial charge in [-0.1, -0.05) is 60.4 Å². The fourth-order valence-electron chi connectivity index (χ4n) is 1.80. The number of carboxylic acids is 1. The Hall–Kier alpha value is -1.92. The molecule has 1 heterocycles. The van der Waals surface area contributed by atoms with Crippen molar-refractivity contribution >= 4 is 46.3 Å². The Labute approximate surface area is 132 Å². The highest BCUT2D eigenvalue weighted by molar-refractivity contribution is 8.26. The number of carboxylic acid groups (broad SMARTS) is 1. The summed E-state index contributed by atoms with van der Waals surface area (Å²) in [6, 6.07) is 7.89. The van der Waals surface area contributed by atoms with E-state index in [0.717, 1.165) is 27.8 Å². The molecule has 0 radical (unpaired) electrons. The van der Waals surface area contributed by atoms with Gasteiger partial charge in [-0.05, 0) is 24.1 Å². The highest BCUT2D eigenvalue weighted by atomic mass is 32.2. The molecular formula is C15H13NO3S2. The summed E-state index contributed by atoms with van der Waals surface area (Å²) in [5.74, 6) is -1.44. The first-order chi connectivity index (χ1) is 9.99. The van der Waals surface area contributed by atoms with Gasteiger partial charge in [0.1, 0.15) is 10.9 Å². The van der Waals surface area contributed by atoms with Gasteiger partial charge in [-0.25, -0.2) is 0 Å². The largest absolute Gasteiger partial charge is 0.480 e. The number of rotatable bonds is 4. The van der Waals surface area contributed by atoms with E-state index in [1.165, 1.54) is 0 Å². The van der Waals surface area contributed by atoms with Crippen molar-refractivity contribution in [1.29, 1.82) is 0 Å². The third-order valence-corrected chi connectivity index (χ3v) is 4.27. The maximum atomic E-state index is 12.0. The Morgan fingerprint density at radius 2 is 2.14 bits per heavy atom. The molecule has 0 unspecified atom stereocenters. The number of hydrogen-bond acceptors (Lipinski definition) is 4. The van der Waals surface area contributed by atoms with E-state index in [4.69, 9.17) is 17.3 Å². The van der Waals surface area contributed by atoms with Crippen LogP contribution in [0.4, 0.5) is 0 Å². The van der Waals surface area contributed by atoms with Crippen LogP contribution in [0.5, 0.6) is 0 Å². The molecule has 2 rings (SSSR count). The lowest BCUT2D eigenvalue weighted by atomic mass is 10.1. The second kappa shape index (κ2) is 6.69. The van der Waals surface area contributed by atoms with Crippen molar-refractivity contribution in [3.63, 3.8) is 0 Å². The summed E-state index contributed by atoms with van der Waals surface area (Å²) in [5, 5.41) is 8.75.